The Morgan fingerprint density at radius 1 is 1.00 bits per heavy atom. The Kier molecular flexibility index (Phi) is 7.10. The summed E-state index contributed by atoms with van der Waals surface area (Å²) >= 11 is 0. The molecule has 0 saturated carbocycles. The van der Waals surface area contributed by atoms with Gasteiger partial charge in [0.15, 0.2) is 0 Å². The van der Waals surface area contributed by atoms with Crippen molar-refractivity contribution in [2.45, 2.75) is 19.8 Å². The summed E-state index contributed by atoms with van der Waals surface area (Å²) in [5, 5.41) is 3.66. The Morgan fingerprint density at radius 3 is 2.35 bits per heavy atom. The number of hydrogen-bond acceptors (Lipinski definition) is 2. The van der Waals surface area contributed by atoms with Crippen LogP contribution in [0.1, 0.15) is 30.0 Å². The third-order valence-corrected chi connectivity index (χ3v) is 6.33. The van der Waals surface area contributed by atoms with Crippen LogP contribution < -0.4 is 11.1 Å². The minimum absolute atomic E-state index is 0.487. The Bertz CT molecular complexity index is 1290. The van der Waals surface area contributed by atoms with E-state index in [1.165, 1.54) is 22.3 Å². The number of benzene rings is 3. The number of nitrogens with two attached hydrogens (primary N) is 1. The third kappa shape index (κ3) is 4.73. The second kappa shape index (κ2) is 10.4. The average molecular weight is 445 g/mol. The summed E-state index contributed by atoms with van der Waals surface area (Å²) in [6.45, 7) is 15.2. The highest BCUT2D eigenvalue weighted by molar-refractivity contribution is 5.89. The Labute approximate surface area is 203 Å². The van der Waals surface area contributed by atoms with Crippen molar-refractivity contribution >= 4 is 17.0 Å². The quantitative estimate of drug-likeness (QED) is 0.348. The molecule has 1 aliphatic carbocycles. The molecule has 0 atom stereocenters. The smallest absolute Gasteiger partial charge is 0.0539 e. The second-order valence-electron chi connectivity index (χ2n) is 8.56. The molecule has 0 unspecified atom stereocenters. The first-order chi connectivity index (χ1) is 16.5. The van der Waals surface area contributed by atoms with E-state index in [9.17, 15) is 0 Å². The van der Waals surface area contributed by atoms with Crippen LogP contribution in [-0.2, 0) is 6.42 Å². The van der Waals surface area contributed by atoms with Crippen LogP contribution in [0, 0.1) is 0 Å². The third-order valence-electron chi connectivity index (χ3n) is 6.33. The number of fused-ring (bicyclic) bond motifs is 1. The molecule has 1 aliphatic rings. The van der Waals surface area contributed by atoms with E-state index in [0.717, 1.165) is 52.1 Å². The fraction of sp³-hybridized carbons (Fsp3) is 0.125. The summed E-state index contributed by atoms with van der Waals surface area (Å²) in [7, 11) is 0. The van der Waals surface area contributed by atoms with Crippen LogP contribution in [-0.4, -0.2) is 6.54 Å². The van der Waals surface area contributed by atoms with E-state index in [4.69, 9.17) is 5.73 Å². The summed E-state index contributed by atoms with van der Waals surface area (Å²) in [6.07, 6.45) is 5.45. The number of nitrogens with one attached hydrogen (secondary N) is 1. The van der Waals surface area contributed by atoms with E-state index in [1.54, 1.807) is 6.08 Å². The van der Waals surface area contributed by atoms with Gasteiger partial charge >= 0.3 is 0 Å². The van der Waals surface area contributed by atoms with E-state index in [-0.39, 0.29) is 0 Å². The molecular weight excluding hydrogens is 412 g/mol. The van der Waals surface area contributed by atoms with Gasteiger partial charge < -0.3 is 11.1 Å². The van der Waals surface area contributed by atoms with Crippen molar-refractivity contribution in [2.24, 2.45) is 5.73 Å². The standard InChI is InChI=1S/C32H32N2/c1-5-10-27(21-33)25-15-13-24(14-16-25)26-17-18-30-28(20-26)19-23(4)31(22(3)6-2)32(30)34-29-11-8-7-9-12-29/h5,7-18,20,34H,1,3-4,6,19,21,33H2,2H3/b27-10+. The summed E-state index contributed by atoms with van der Waals surface area (Å²) in [4.78, 5) is 0. The van der Waals surface area contributed by atoms with Crippen molar-refractivity contribution in [3.8, 4) is 11.1 Å². The van der Waals surface area contributed by atoms with Crippen LogP contribution in [0.5, 0.6) is 0 Å². The highest BCUT2D eigenvalue weighted by Crippen LogP contribution is 2.40. The van der Waals surface area contributed by atoms with E-state index >= 15 is 0 Å². The van der Waals surface area contributed by atoms with E-state index in [1.807, 2.05) is 24.3 Å². The molecule has 2 heteroatoms. The number of anilines is 1. The molecule has 0 radical (unpaired) electrons. The van der Waals surface area contributed by atoms with Crippen LogP contribution in [0.2, 0.25) is 0 Å². The molecule has 170 valence electrons. The van der Waals surface area contributed by atoms with Crippen LogP contribution in [0.3, 0.4) is 0 Å². The first-order valence-corrected chi connectivity index (χ1v) is 11.7. The molecule has 4 rings (SSSR count). The van der Waals surface area contributed by atoms with Gasteiger partial charge in [0.25, 0.3) is 0 Å². The maximum atomic E-state index is 5.90. The Morgan fingerprint density at radius 2 is 1.71 bits per heavy atom. The zero-order chi connectivity index (χ0) is 24.1. The minimum Gasteiger partial charge on any atom is -0.355 e. The minimum atomic E-state index is 0.487. The molecule has 34 heavy (non-hydrogen) atoms. The molecule has 0 fully saturated rings. The second-order valence-corrected chi connectivity index (χ2v) is 8.56. The van der Waals surface area contributed by atoms with Gasteiger partial charge in [-0.05, 0) is 63.9 Å². The fourth-order valence-electron chi connectivity index (χ4n) is 4.49. The van der Waals surface area contributed by atoms with Crippen LogP contribution in [0.4, 0.5) is 5.69 Å². The SMILES string of the molecule is C=C/C=C(\CN)c1ccc(-c2ccc3c(c2)CC(=C)C(C(=C)CC)=C3Nc2ccccc2)cc1. The van der Waals surface area contributed by atoms with Crippen molar-refractivity contribution in [3.05, 3.63) is 138 Å². The number of rotatable bonds is 8. The molecule has 0 bridgehead atoms. The molecule has 0 aliphatic heterocycles. The molecule has 2 nitrogen and oxygen atoms in total. The number of hydrogen-bond donors (Lipinski definition) is 2. The Hall–Kier alpha value is -3.88. The molecule has 0 heterocycles. The lowest BCUT2D eigenvalue weighted by Gasteiger charge is -2.28. The zero-order valence-electron chi connectivity index (χ0n) is 19.9. The summed E-state index contributed by atoms with van der Waals surface area (Å²) in [5.74, 6) is 0. The highest BCUT2D eigenvalue weighted by Gasteiger charge is 2.23. The maximum Gasteiger partial charge on any atom is 0.0539 e. The van der Waals surface area contributed by atoms with Crippen molar-refractivity contribution in [3.63, 3.8) is 0 Å². The lowest BCUT2D eigenvalue weighted by molar-refractivity contribution is 1.06. The van der Waals surface area contributed by atoms with Gasteiger partial charge in [-0.2, -0.15) is 0 Å². The lowest BCUT2D eigenvalue weighted by Crippen LogP contribution is -2.14. The normalized spacial score (nSPS) is 13.5. The molecule has 3 aromatic rings. The van der Waals surface area contributed by atoms with E-state index in [2.05, 4.69) is 86.6 Å². The molecule has 0 amide bonds. The number of para-hydroxylation sites is 1. The van der Waals surface area contributed by atoms with Gasteiger partial charge in [-0.15, -0.1) is 0 Å². The van der Waals surface area contributed by atoms with Gasteiger partial charge in [0, 0.05) is 23.4 Å². The lowest BCUT2D eigenvalue weighted by atomic mass is 9.81. The van der Waals surface area contributed by atoms with E-state index < -0.39 is 0 Å². The Balaban J connectivity index is 1.74. The topological polar surface area (TPSA) is 38.0 Å². The maximum absolute atomic E-state index is 5.90. The van der Waals surface area contributed by atoms with Crippen molar-refractivity contribution in [1.29, 1.82) is 0 Å². The van der Waals surface area contributed by atoms with Crippen LogP contribution >= 0.6 is 0 Å². The monoisotopic (exact) mass is 444 g/mol. The first kappa shape index (κ1) is 23.3. The van der Waals surface area contributed by atoms with Gasteiger partial charge in [-0.3, -0.25) is 0 Å². The van der Waals surface area contributed by atoms with Gasteiger partial charge in [-0.1, -0.05) is 99.5 Å². The summed E-state index contributed by atoms with van der Waals surface area (Å²) < 4.78 is 0. The predicted molar refractivity (Wildman–Crippen MR) is 148 cm³/mol. The average Bonchev–Trinajstić information content (AvgIpc) is 2.87. The summed E-state index contributed by atoms with van der Waals surface area (Å²) in [5.41, 5.74) is 18.5. The molecule has 3 N–H and O–H groups in total. The van der Waals surface area contributed by atoms with Crippen molar-refractivity contribution < 1.29 is 0 Å². The first-order valence-electron chi connectivity index (χ1n) is 11.7. The van der Waals surface area contributed by atoms with Crippen LogP contribution in [0.25, 0.3) is 22.4 Å². The van der Waals surface area contributed by atoms with Crippen LogP contribution in [0.15, 0.2) is 121 Å². The van der Waals surface area contributed by atoms with Gasteiger partial charge in [0.05, 0.1) is 5.70 Å². The molecular formula is C32H32N2. The fourth-order valence-corrected chi connectivity index (χ4v) is 4.49. The molecule has 0 spiro atoms. The largest absolute Gasteiger partial charge is 0.355 e. The van der Waals surface area contributed by atoms with E-state index in [0.29, 0.717) is 6.54 Å². The van der Waals surface area contributed by atoms with Crippen molar-refractivity contribution in [2.75, 3.05) is 11.9 Å². The van der Waals surface area contributed by atoms with Gasteiger partial charge in [0.2, 0.25) is 0 Å². The predicted octanol–water partition coefficient (Wildman–Crippen LogP) is 7.78. The van der Waals surface area contributed by atoms with Gasteiger partial charge in [0.1, 0.15) is 0 Å². The summed E-state index contributed by atoms with van der Waals surface area (Å²) in [6, 6.07) is 25.6. The zero-order valence-corrected chi connectivity index (χ0v) is 19.9. The van der Waals surface area contributed by atoms with Crippen molar-refractivity contribution in [1.82, 2.24) is 0 Å². The molecule has 3 aromatic carbocycles. The molecule has 0 aromatic heterocycles. The van der Waals surface area contributed by atoms with Gasteiger partial charge in [-0.25, -0.2) is 0 Å². The highest BCUT2D eigenvalue weighted by atomic mass is 14.9. The number of allylic oxidation sites excluding steroid dienone is 5. The molecule has 0 saturated heterocycles.